The number of hydrogen-bond donors (Lipinski definition) is 1. The number of amides is 1. The van der Waals surface area contributed by atoms with Crippen molar-refractivity contribution >= 4 is 23.7 Å². The van der Waals surface area contributed by atoms with Crippen LogP contribution in [0.1, 0.15) is 29.7 Å². The Morgan fingerprint density at radius 3 is 2.50 bits per heavy atom. The maximum Gasteiger partial charge on any atom is 0.411 e. The summed E-state index contributed by atoms with van der Waals surface area (Å²) >= 11 is 6.26. The first-order valence-corrected chi connectivity index (χ1v) is 11.1. The Kier molecular flexibility index (Phi) is 6.93. The Balaban J connectivity index is 1.61. The molecule has 3 aromatic carbocycles. The summed E-state index contributed by atoms with van der Waals surface area (Å²) in [6.07, 6.45) is -0.954. The topological polar surface area (TPSA) is 85.3 Å². The van der Waals surface area contributed by atoms with E-state index in [1.54, 1.807) is 41.3 Å². The molecule has 0 radical (unpaired) electrons. The van der Waals surface area contributed by atoms with Crippen LogP contribution in [-0.4, -0.2) is 35.2 Å². The summed E-state index contributed by atoms with van der Waals surface area (Å²) in [4.78, 5) is 25.5. The molecule has 4 rings (SSSR count). The second kappa shape index (κ2) is 10.1. The highest BCUT2D eigenvalue weighted by Gasteiger charge is 2.39. The molecule has 8 heteroatoms. The third-order valence-electron chi connectivity index (χ3n) is 5.69. The summed E-state index contributed by atoms with van der Waals surface area (Å²) in [7, 11) is 1.51. The largest absolute Gasteiger partial charge is 0.493 e. The van der Waals surface area contributed by atoms with Crippen molar-refractivity contribution in [1.82, 2.24) is 4.90 Å². The number of aliphatic carboxylic acids is 1. The Bertz CT molecular complexity index is 1200. The Morgan fingerprint density at radius 2 is 1.79 bits per heavy atom. The molecule has 34 heavy (non-hydrogen) atoms. The minimum absolute atomic E-state index is 0.147. The zero-order valence-electron chi connectivity index (χ0n) is 18.7. The third kappa shape index (κ3) is 5.10. The van der Waals surface area contributed by atoms with E-state index < -0.39 is 12.1 Å². The van der Waals surface area contributed by atoms with Crippen molar-refractivity contribution in [3.63, 3.8) is 0 Å². The molecule has 176 valence electrons. The van der Waals surface area contributed by atoms with Gasteiger partial charge in [0.05, 0.1) is 26.1 Å². The highest BCUT2D eigenvalue weighted by atomic mass is 35.5. The molecule has 0 aliphatic carbocycles. The Hall–Kier alpha value is -3.71. The molecule has 1 saturated heterocycles. The van der Waals surface area contributed by atoms with Gasteiger partial charge in [0.2, 0.25) is 0 Å². The molecule has 7 nitrogen and oxygen atoms in total. The van der Waals surface area contributed by atoms with Crippen LogP contribution < -0.4 is 9.47 Å². The van der Waals surface area contributed by atoms with Gasteiger partial charge in [0, 0.05) is 10.6 Å². The number of ether oxygens (including phenoxy) is 3. The molecule has 0 unspecified atom stereocenters. The number of cyclic esters (lactones) is 1. The summed E-state index contributed by atoms with van der Waals surface area (Å²) < 4.78 is 17.2. The van der Waals surface area contributed by atoms with Crippen LogP contribution in [0.2, 0.25) is 5.02 Å². The smallest absolute Gasteiger partial charge is 0.411 e. The van der Waals surface area contributed by atoms with Crippen molar-refractivity contribution in [2.45, 2.75) is 32.0 Å². The summed E-state index contributed by atoms with van der Waals surface area (Å²) in [6.45, 7) is 2.16. The summed E-state index contributed by atoms with van der Waals surface area (Å²) in [6, 6.07) is 19.5. The molecule has 1 aliphatic rings. The van der Waals surface area contributed by atoms with E-state index in [1.807, 2.05) is 37.3 Å². The number of nitrogens with zero attached hydrogens (tertiary/aromatic N) is 1. The van der Waals surface area contributed by atoms with Gasteiger partial charge >= 0.3 is 12.1 Å². The minimum Gasteiger partial charge on any atom is -0.493 e. The molecule has 0 bridgehead atoms. The lowest BCUT2D eigenvalue weighted by Gasteiger charge is -2.22. The van der Waals surface area contributed by atoms with Crippen LogP contribution >= 0.6 is 11.6 Å². The molecule has 0 saturated carbocycles. The van der Waals surface area contributed by atoms with Gasteiger partial charge in [-0.3, -0.25) is 9.69 Å². The number of hydrogen-bond acceptors (Lipinski definition) is 5. The lowest BCUT2D eigenvalue weighted by Crippen LogP contribution is -2.31. The van der Waals surface area contributed by atoms with Crippen molar-refractivity contribution in [2.24, 2.45) is 0 Å². The Morgan fingerprint density at radius 1 is 1.06 bits per heavy atom. The third-order valence-corrected chi connectivity index (χ3v) is 5.92. The molecule has 1 N–H and O–H groups in total. The van der Waals surface area contributed by atoms with Crippen molar-refractivity contribution in [3.8, 4) is 17.2 Å². The summed E-state index contributed by atoms with van der Waals surface area (Å²) in [5.41, 5.74) is 2.17. The Labute approximate surface area is 202 Å². The van der Waals surface area contributed by atoms with E-state index >= 15 is 0 Å². The van der Waals surface area contributed by atoms with Crippen molar-refractivity contribution < 1.29 is 28.9 Å². The van der Waals surface area contributed by atoms with Crippen LogP contribution in [0.4, 0.5) is 4.79 Å². The second-order valence-corrected chi connectivity index (χ2v) is 8.43. The molecule has 1 aliphatic heterocycles. The average molecular weight is 482 g/mol. The lowest BCUT2D eigenvalue weighted by atomic mass is 10.0. The van der Waals surface area contributed by atoms with Gasteiger partial charge in [0.15, 0.2) is 11.5 Å². The minimum atomic E-state index is -0.946. The van der Waals surface area contributed by atoms with Gasteiger partial charge < -0.3 is 19.3 Å². The zero-order valence-corrected chi connectivity index (χ0v) is 19.5. The van der Waals surface area contributed by atoms with Crippen molar-refractivity contribution in [2.75, 3.05) is 7.11 Å². The predicted molar refractivity (Wildman–Crippen MR) is 127 cm³/mol. The molecular formula is C26H24ClNO6. The molecule has 3 aromatic rings. The predicted octanol–water partition coefficient (Wildman–Crippen LogP) is 5.85. The average Bonchev–Trinajstić information content (AvgIpc) is 3.09. The van der Waals surface area contributed by atoms with E-state index in [0.29, 0.717) is 33.4 Å². The number of methoxy groups -OCH3 is 1. The number of benzene rings is 3. The molecule has 2 atom stereocenters. The maximum absolute atomic E-state index is 12.7. The first-order valence-electron chi connectivity index (χ1n) is 10.7. The second-order valence-electron chi connectivity index (χ2n) is 7.99. The van der Waals surface area contributed by atoms with Gasteiger partial charge in [-0.2, -0.15) is 0 Å². The van der Waals surface area contributed by atoms with Gasteiger partial charge in [0.25, 0.3) is 0 Å². The van der Waals surface area contributed by atoms with E-state index in [4.69, 9.17) is 30.9 Å². The van der Waals surface area contributed by atoms with Crippen LogP contribution in [0.5, 0.6) is 17.2 Å². The number of rotatable bonds is 8. The van der Waals surface area contributed by atoms with Gasteiger partial charge in [-0.05, 0) is 48.4 Å². The van der Waals surface area contributed by atoms with E-state index in [9.17, 15) is 9.59 Å². The van der Waals surface area contributed by atoms with Crippen molar-refractivity contribution in [3.05, 3.63) is 88.4 Å². The van der Waals surface area contributed by atoms with Crippen molar-refractivity contribution in [1.29, 1.82) is 0 Å². The molecule has 1 amide bonds. The number of carbonyl (C=O) groups excluding carboxylic acids is 1. The van der Waals surface area contributed by atoms with Crippen LogP contribution in [0.25, 0.3) is 0 Å². The summed E-state index contributed by atoms with van der Waals surface area (Å²) in [5.74, 6) is 0.341. The monoisotopic (exact) mass is 481 g/mol. The van der Waals surface area contributed by atoms with E-state index in [-0.39, 0.29) is 25.1 Å². The van der Waals surface area contributed by atoms with Gasteiger partial charge in [-0.15, -0.1) is 0 Å². The highest BCUT2D eigenvalue weighted by molar-refractivity contribution is 6.30. The molecule has 1 fully saturated rings. The van der Waals surface area contributed by atoms with Gasteiger partial charge in [0.1, 0.15) is 11.9 Å². The van der Waals surface area contributed by atoms with Crippen LogP contribution in [0, 0.1) is 0 Å². The number of carboxylic acids is 1. The zero-order chi connectivity index (χ0) is 24.2. The van der Waals surface area contributed by atoms with E-state index in [1.165, 1.54) is 7.11 Å². The number of halogens is 1. The van der Waals surface area contributed by atoms with Gasteiger partial charge in [-0.1, -0.05) is 48.0 Å². The van der Waals surface area contributed by atoms with E-state index in [2.05, 4.69) is 0 Å². The SMILES string of the molecule is COc1ccc(CC(=O)O)cc1Oc1ccc(Cl)cc1CN1C(=O)O[C@@H](c2ccccc2)[C@H]1C. The molecule has 0 aromatic heterocycles. The first kappa shape index (κ1) is 23.4. The first-order chi connectivity index (χ1) is 16.4. The normalized spacial score (nSPS) is 17.4. The fraction of sp³-hybridized carbons (Fsp3) is 0.231. The standard InChI is InChI=1S/C26H24ClNO6/c1-16-25(18-6-4-3-5-7-18)34-26(31)28(16)15-19-14-20(27)9-11-21(19)33-23-12-17(13-24(29)30)8-10-22(23)32-2/h3-12,14,16,25H,13,15H2,1-2H3,(H,29,30)/t16-,25-/m1/s1. The highest BCUT2D eigenvalue weighted by Crippen LogP contribution is 2.38. The van der Waals surface area contributed by atoms with Crippen LogP contribution in [0.3, 0.4) is 0 Å². The fourth-order valence-corrected chi connectivity index (χ4v) is 4.16. The lowest BCUT2D eigenvalue weighted by molar-refractivity contribution is -0.136. The van der Waals surface area contributed by atoms with Gasteiger partial charge in [-0.25, -0.2) is 4.79 Å². The number of carboxylic acid groups (broad SMARTS) is 1. The molecule has 1 heterocycles. The van der Waals surface area contributed by atoms with E-state index in [0.717, 1.165) is 5.56 Å². The maximum atomic E-state index is 12.7. The summed E-state index contributed by atoms with van der Waals surface area (Å²) in [5, 5.41) is 9.62. The number of carbonyl (C=O) groups is 2. The molecular weight excluding hydrogens is 458 g/mol. The quantitative estimate of drug-likeness (QED) is 0.434. The van der Waals surface area contributed by atoms with Crippen LogP contribution in [-0.2, 0) is 22.5 Å². The van der Waals surface area contributed by atoms with Crippen LogP contribution in [0.15, 0.2) is 66.7 Å². The molecule has 0 spiro atoms. The fourth-order valence-electron chi connectivity index (χ4n) is 3.96.